The molecule has 0 saturated carbocycles. The molecule has 0 spiro atoms. The Kier molecular flexibility index (Phi) is 7.22. The van der Waals surface area contributed by atoms with E-state index in [-0.39, 0.29) is 17.9 Å². The standard InChI is InChI=1S/C30H34BrN7O2/c1-30(2)25-20(4-3-5-23(25)36-28(30)40)16-33-26-22(31)17-34-29(37-26)35-21-8-6-18(7-9-21)19-11-14-38(15-12-19)27(39)24-10-13-32-24/h3-9,17,19,24,32H,10-16H2,1-2H3,(H,36,40)(H2,33,34,35,37). The maximum Gasteiger partial charge on any atom is 0.239 e. The van der Waals surface area contributed by atoms with Crippen molar-refractivity contribution in [1.82, 2.24) is 20.2 Å². The summed E-state index contributed by atoms with van der Waals surface area (Å²) in [4.78, 5) is 36.1. The minimum absolute atomic E-state index is 0.0118. The fourth-order valence-electron chi connectivity index (χ4n) is 5.83. The average molecular weight is 605 g/mol. The van der Waals surface area contributed by atoms with Crippen LogP contribution in [0.1, 0.15) is 55.7 Å². The molecular formula is C30H34BrN7O2. The highest BCUT2D eigenvalue weighted by Crippen LogP contribution is 2.40. The highest BCUT2D eigenvalue weighted by atomic mass is 79.9. The second-order valence-corrected chi connectivity index (χ2v) is 12.2. The molecule has 0 aliphatic carbocycles. The topological polar surface area (TPSA) is 111 Å². The molecule has 2 fully saturated rings. The number of aromatic nitrogens is 2. The molecule has 0 bridgehead atoms. The van der Waals surface area contributed by atoms with Gasteiger partial charge in [0.25, 0.3) is 0 Å². The van der Waals surface area contributed by atoms with Gasteiger partial charge in [-0.3, -0.25) is 9.59 Å². The van der Waals surface area contributed by atoms with Crippen LogP contribution in [0.15, 0.2) is 53.1 Å². The van der Waals surface area contributed by atoms with Crippen LogP contribution in [0.3, 0.4) is 0 Å². The summed E-state index contributed by atoms with van der Waals surface area (Å²) in [6.45, 7) is 7.01. The first-order valence-corrected chi connectivity index (χ1v) is 14.7. The molecule has 4 N–H and O–H groups in total. The Bertz CT molecular complexity index is 1430. The van der Waals surface area contributed by atoms with Gasteiger partial charge in [-0.25, -0.2) is 4.98 Å². The third kappa shape index (κ3) is 5.17. The number of hydrogen-bond acceptors (Lipinski definition) is 7. The largest absolute Gasteiger partial charge is 0.365 e. The van der Waals surface area contributed by atoms with Crippen LogP contribution in [0.25, 0.3) is 0 Å². The highest BCUT2D eigenvalue weighted by molar-refractivity contribution is 9.10. The Balaban J connectivity index is 1.08. The number of piperidine rings is 1. The lowest BCUT2D eigenvalue weighted by Crippen LogP contribution is -2.55. The summed E-state index contributed by atoms with van der Waals surface area (Å²) in [6, 6.07) is 14.4. The number of nitrogens with one attached hydrogen (secondary N) is 4. The van der Waals surface area contributed by atoms with Crippen molar-refractivity contribution in [3.8, 4) is 0 Å². The summed E-state index contributed by atoms with van der Waals surface area (Å²) in [5.41, 5.74) is 4.55. The Morgan fingerprint density at radius 2 is 1.88 bits per heavy atom. The van der Waals surface area contributed by atoms with E-state index in [2.05, 4.69) is 71.4 Å². The van der Waals surface area contributed by atoms with Crippen molar-refractivity contribution in [1.29, 1.82) is 0 Å². The van der Waals surface area contributed by atoms with Crippen LogP contribution in [0.5, 0.6) is 0 Å². The molecular weight excluding hydrogens is 570 g/mol. The molecule has 1 atom stereocenters. The zero-order valence-corrected chi connectivity index (χ0v) is 24.3. The minimum atomic E-state index is -0.586. The predicted molar refractivity (Wildman–Crippen MR) is 160 cm³/mol. The molecule has 1 aromatic heterocycles. The quantitative estimate of drug-likeness (QED) is 0.304. The van der Waals surface area contributed by atoms with Crippen LogP contribution in [-0.2, 0) is 21.5 Å². The third-order valence-electron chi connectivity index (χ3n) is 8.35. The molecule has 2 amide bonds. The smallest absolute Gasteiger partial charge is 0.239 e. The predicted octanol–water partition coefficient (Wildman–Crippen LogP) is 4.89. The Morgan fingerprint density at radius 1 is 1.12 bits per heavy atom. The van der Waals surface area contributed by atoms with E-state index in [1.165, 1.54) is 5.56 Å². The number of carbonyl (C=O) groups excluding carboxylic acids is 2. The number of anilines is 4. The molecule has 3 aliphatic rings. The van der Waals surface area contributed by atoms with Crippen molar-refractivity contribution in [2.75, 3.05) is 35.6 Å². The van der Waals surface area contributed by atoms with E-state index < -0.39 is 5.41 Å². The zero-order valence-electron chi connectivity index (χ0n) is 22.8. The zero-order chi connectivity index (χ0) is 27.9. The van der Waals surface area contributed by atoms with Gasteiger partial charge in [-0.1, -0.05) is 24.3 Å². The van der Waals surface area contributed by atoms with E-state index in [1.54, 1.807) is 6.20 Å². The lowest BCUT2D eigenvalue weighted by Gasteiger charge is -2.37. The van der Waals surface area contributed by atoms with Crippen LogP contribution in [0, 0.1) is 0 Å². The molecule has 10 heteroatoms. The normalized spacial score (nSPS) is 19.9. The summed E-state index contributed by atoms with van der Waals surface area (Å²) >= 11 is 3.56. The summed E-state index contributed by atoms with van der Waals surface area (Å²) < 4.78 is 0.757. The minimum Gasteiger partial charge on any atom is -0.365 e. The number of benzene rings is 2. The van der Waals surface area contributed by atoms with E-state index in [9.17, 15) is 9.59 Å². The highest BCUT2D eigenvalue weighted by Gasteiger charge is 2.40. The monoisotopic (exact) mass is 603 g/mol. The molecule has 4 heterocycles. The van der Waals surface area contributed by atoms with Crippen LogP contribution in [0.4, 0.5) is 23.1 Å². The maximum absolute atomic E-state index is 12.5. The van der Waals surface area contributed by atoms with E-state index in [1.807, 2.05) is 36.9 Å². The van der Waals surface area contributed by atoms with Gasteiger partial charge in [0.05, 0.1) is 15.9 Å². The number of halogens is 1. The first kappa shape index (κ1) is 26.7. The van der Waals surface area contributed by atoms with Crippen LogP contribution < -0.4 is 21.3 Å². The van der Waals surface area contributed by atoms with Gasteiger partial charge in [0.15, 0.2) is 0 Å². The molecule has 3 aromatic rings. The average Bonchev–Trinajstić information content (AvgIpc) is 3.16. The van der Waals surface area contributed by atoms with Gasteiger partial charge in [-0.15, -0.1) is 0 Å². The molecule has 1 unspecified atom stereocenters. The van der Waals surface area contributed by atoms with Crippen LogP contribution >= 0.6 is 15.9 Å². The fourth-order valence-corrected chi connectivity index (χ4v) is 6.16. The van der Waals surface area contributed by atoms with Crippen molar-refractivity contribution in [3.05, 3.63) is 69.8 Å². The number of fused-ring (bicyclic) bond motifs is 1. The molecule has 3 aliphatic heterocycles. The molecule has 9 nitrogen and oxygen atoms in total. The van der Waals surface area contributed by atoms with Gasteiger partial charge in [0.1, 0.15) is 5.82 Å². The molecule has 6 rings (SSSR count). The van der Waals surface area contributed by atoms with Crippen molar-refractivity contribution < 1.29 is 9.59 Å². The fraction of sp³-hybridized carbons (Fsp3) is 0.400. The summed E-state index contributed by atoms with van der Waals surface area (Å²) in [5, 5.41) is 12.9. The van der Waals surface area contributed by atoms with E-state index >= 15 is 0 Å². The van der Waals surface area contributed by atoms with Crippen LogP contribution in [-0.4, -0.2) is 52.4 Å². The number of nitrogens with zero attached hydrogens (tertiary/aromatic N) is 3. The Labute approximate surface area is 242 Å². The summed E-state index contributed by atoms with van der Waals surface area (Å²) in [5.74, 6) is 1.89. The Morgan fingerprint density at radius 3 is 2.58 bits per heavy atom. The van der Waals surface area contributed by atoms with Gasteiger partial charge in [0.2, 0.25) is 17.8 Å². The summed E-state index contributed by atoms with van der Waals surface area (Å²) in [7, 11) is 0. The second kappa shape index (κ2) is 10.8. The van der Waals surface area contributed by atoms with Crippen molar-refractivity contribution in [2.45, 2.75) is 57.0 Å². The third-order valence-corrected chi connectivity index (χ3v) is 8.93. The van der Waals surface area contributed by atoms with E-state index in [4.69, 9.17) is 0 Å². The lowest BCUT2D eigenvalue weighted by molar-refractivity contribution is -0.136. The van der Waals surface area contributed by atoms with Crippen molar-refractivity contribution in [2.24, 2.45) is 0 Å². The summed E-state index contributed by atoms with van der Waals surface area (Å²) in [6.07, 6.45) is 4.66. The van der Waals surface area contributed by atoms with Crippen LogP contribution in [0.2, 0.25) is 0 Å². The van der Waals surface area contributed by atoms with Gasteiger partial charge >= 0.3 is 0 Å². The SMILES string of the molecule is CC1(C)C(=O)Nc2cccc(CNc3nc(Nc4ccc(C5CCN(C(=O)C6CCN6)CC5)cc4)ncc3Br)c21. The molecule has 40 heavy (non-hydrogen) atoms. The second-order valence-electron chi connectivity index (χ2n) is 11.3. The van der Waals surface area contributed by atoms with E-state index in [0.717, 1.165) is 65.9 Å². The number of carbonyl (C=O) groups is 2. The molecule has 0 radical (unpaired) electrons. The number of likely N-dealkylation sites (tertiary alicyclic amines) is 1. The first-order valence-electron chi connectivity index (χ1n) is 13.9. The van der Waals surface area contributed by atoms with Crippen molar-refractivity contribution >= 4 is 50.9 Å². The molecule has 2 saturated heterocycles. The van der Waals surface area contributed by atoms with Gasteiger partial charge in [-0.05, 0) is 96.4 Å². The first-order chi connectivity index (χ1) is 19.3. The maximum atomic E-state index is 12.5. The van der Waals surface area contributed by atoms with Gasteiger partial charge in [0, 0.05) is 37.2 Å². The number of rotatable bonds is 7. The number of amides is 2. The van der Waals surface area contributed by atoms with Gasteiger partial charge in [-0.2, -0.15) is 4.98 Å². The van der Waals surface area contributed by atoms with E-state index in [0.29, 0.717) is 24.2 Å². The Hall–Kier alpha value is -3.50. The molecule has 208 valence electrons. The molecule has 2 aromatic carbocycles. The number of hydrogen-bond donors (Lipinski definition) is 4. The lowest BCUT2D eigenvalue weighted by atomic mass is 9.83. The van der Waals surface area contributed by atoms with Gasteiger partial charge < -0.3 is 26.2 Å². The van der Waals surface area contributed by atoms with Crippen molar-refractivity contribution in [3.63, 3.8) is 0 Å².